The van der Waals surface area contributed by atoms with Crippen LogP contribution < -0.4 is 0 Å². The number of nitro benzene ring substituents is 1. The maximum absolute atomic E-state index is 13.6. The predicted octanol–water partition coefficient (Wildman–Crippen LogP) is 6.77. The van der Waals surface area contributed by atoms with E-state index in [9.17, 15) is 14.9 Å². The third-order valence-corrected chi connectivity index (χ3v) is 6.66. The van der Waals surface area contributed by atoms with E-state index in [0.717, 1.165) is 27.6 Å². The minimum atomic E-state index is -0.361. The Morgan fingerprint density at radius 1 is 0.917 bits per heavy atom. The third kappa shape index (κ3) is 5.33. The summed E-state index contributed by atoms with van der Waals surface area (Å²) < 4.78 is 2.13. The number of nitrogens with zero attached hydrogens (tertiary/aromatic N) is 3. The molecule has 1 heterocycles. The summed E-state index contributed by atoms with van der Waals surface area (Å²) in [4.78, 5) is 26.8. The van der Waals surface area contributed by atoms with Crippen molar-refractivity contribution in [3.05, 3.63) is 112 Å². The van der Waals surface area contributed by atoms with Crippen LogP contribution in [0.15, 0.2) is 85.1 Å². The highest BCUT2D eigenvalue weighted by molar-refractivity contribution is 5.88. The number of amides is 1. The number of aromatic nitrogens is 1. The first-order chi connectivity index (χ1) is 17.3. The normalized spacial score (nSPS) is 12.3. The van der Waals surface area contributed by atoms with Crippen LogP contribution in [0, 0.1) is 10.1 Å². The Hall–Kier alpha value is -3.93. The second-order valence-electron chi connectivity index (χ2n) is 9.81. The highest BCUT2D eigenvalue weighted by Crippen LogP contribution is 2.37. The first kappa shape index (κ1) is 25.2. The second kappa shape index (κ2) is 10.8. The van der Waals surface area contributed by atoms with Gasteiger partial charge in [-0.25, -0.2) is 0 Å². The number of benzene rings is 3. The van der Waals surface area contributed by atoms with Gasteiger partial charge < -0.3 is 9.47 Å². The summed E-state index contributed by atoms with van der Waals surface area (Å²) in [6.07, 6.45) is 2.36. The molecule has 0 N–H and O–H groups in total. The fraction of sp³-hybridized carbons (Fsp3) is 0.300. The molecule has 1 atom stereocenters. The van der Waals surface area contributed by atoms with E-state index in [1.807, 2.05) is 87.2 Å². The first-order valence-electron chi connectivity index (χ1n) is 12.4. The Kier molecular flexibility index (Phi) is 7.53. The van der Waals surface area contributed by atoms with E-state index in [2.05, 4.69) is 22.9 Å². The minimum absolute atomic E-state index is 0.0466. The fourth-order valence-electron chi connectivity index (χ4n) is 5.16. The Morgan fingerprint density at radius 2 is 1.53 bits per heavy atom. The average Bonchev–Trinajstić information content (AvgIpc) is 3.20. The lowest BCUT2D eigenvalue weighted by atomic mass is 9.87. The molecule has 6 nitrogen and oxygen atoms in total. The SMILES string of the molecule is CC(C)N(C(=O)C[C@@H](c1ccccc1)c1cn(Cc2ccccc2)c2ccc([N+](=O)[O-])cc12)C(C)C. The van der Waals surface area contributed by atoms with Gasteiger partial charge in [0.2, 0.25) is 5.91 Å². The smallest absolute Gasteiger partial charge is 0.270 e. The molecule has 36 heavy (non-hydrogen) atoms. The van der Waals surface area contributed by atoms with Crippen molar-refractivity contribution in [2.24, 2.45) is 0 Å². The molecule has 186 valence electrons. The number of nitro groups is 1. The first-order valence-corrected chi connectivity index (χ1v) is 12.4. The van der Waals surface area contributed by atoms with E-state index < -0.39 is 0 Å². The van der Waals surface area contributed by atoms with Crippen LogP contribution in [0.4, 0.5) is 5.69 Å². The monoisotopic (exact) mass is 483 g/mol. The van der Waals surface area contributed by atoms with Gasteiger partial charge in [0.15, 0.2) is 0 Å². The Morgan fingerprint density at radius 3 is 2.11 bits per heavy atom. The lowest BCUT2D eigenvalue weighted by Gasteiger charge is -2.32. The van der Waals surface area contributed by atoms with Gasteiger partial charge in [-0.05, 0) is 50.5 Å². The van der Waals surface area contributed by atoms with Gasteiger partial charge in [-0.1, -0.05) is 60.7 Å². The molecule has 0 radical (unpaired) electrons. The third-order valence-electron chi connectivity index (χ3n) is 6.66. The molecule has 0 unspecified atom stereocenters. The number of hydrogen-bond donors (Lipinski definition) is 0. The van der Waals surface area contributed by atoms with Gasteiger partial charge >= 0.3 is 0 Å². The molecular weight excluding hydrogens is 450 g/mol. The van der Waals surface area contributed by atoms with E-state index >= 15 is 0 Å². The van der Waals surface area contributed by atoms with Crippen LogP contribution in [-0.2, 0) is 11.3 Å². The van der Waals surface area contributed by atoms with Gasteiger partial charge in [-0.2, -0.15) is 0 Å². The van der Waals surface area contributed by atoms with Crippen molar-refractivity contribution >= 4 is 22.5 Å². The van der Waals surface area contributed by atoms with Crippen LogP contribution in [-0.4, -0.2) is 32.4 Å². The number of carbonyl (C=O) groups excluding carboxylic acids is 1. The summed E-state index contributed by atoms with van der Waals surface area (Å²) in [5.74, 6) is -0.163. The Labute approximate surface area is 212 Å². The van der Waals surface area contributed by atoms with E-state index in [-0.39, 0.29) is 40.9 Å². The van der Waals surface area contributed by atoms with Crippen molar-refractivity contribution in [2.75, 3.05) is 0 Å². The molecule has 0 spiro atoms. The number of fused-ring (bicyclic) bond motifs is 1. The van der Waals surface area contributed by atoms with Crippen molar-refractivity contribution < 1.29 is 9.72 Å². The molecule has 3 aromatic carbocycles. The highest BCUT2D eigenvalue weighted by atomic mass is 16.6. The number of rotatable bonds is 9. The quantitative estimate of drug-likeness (QED) is 0.195. The zero-order chi connectivity index (χ0) is 25.8. The Bertz CT molecular complexity index is 1340. The lowest BCUT2D eigenvalue weighted by molar-refractivity contribution is -0.384. The van der Waals surface area contributed by atoms with Gasteiger partial charge in [0.25, 0.3) is 5.69 Å². The molecule has 0 saturated heterocycles. The van der Waals surface area contributed by atoms with Crippen LogP contribution in [0.1, 0.15) is 56.7 Å². The second-order valence-corrected chi connectivity index (χ2v) is 9.81. The largest absolute Gasteiger partial charge is 0.343 e. The molecule has 0 aliphatic carbocycles. The van der Waals surface area contributed by atoms with Crippen LogP contribution in [0.25, 0.3) is 10.9 Å². The van der Waals surface area contributed by atoms with E-state index in [0.29, 0.717) is 6.54 Å². The van der Waals surface area contributed by atoms with Crippen molar-refractivity contribution in [1.82, 2.24) is 9.47 Å². The van der Waals surface area contributed by atoms with Crippen molar-refractivity contribution in [3.63, 3.8) is 0 Å². The summed E-state index contributed by atoms with van der Waals surface area (Å²) >= 11 is 0. The van der Waals surface area contributed by atoms with Gasteiger partial charge in [-0.15, -0.1) is 0 Å². The van der Waals surface area contributed by atoms with Gasteiger partial charge in [0.05, 0.1) is 4.92 Å². The predicted molar refractivity (Wildman–Crippen MR) is 144 cm³/mol. The summed E-state index contributed by atoms with van der Waals surface area (Å²) in [6, 6.07) is 25.3. The molecule has 4 aromatic rings. The molecule has 0 bridgehead atoms. The topological polar surface area (TPSA) is 68.4 Å². The number of hydrogen-bond acceptors (Lipinski definition) is 3. The zero-order valence-electron chi connectivity index (χ0n) is 21.3. The molecule has 0 aliphatic heterocycles. The summed E-state index contributed by atoms with van der Waals surface area (Å²) in [5.41, 5.74) is 4.04. The number of non-ortho nitro benzene ring substituents is 1. The Balaban J connectivity index is 1.87. The summed E-state index contributed by atoms with van der Waals surface area (Å²) in [6.45, 7) is 8.76. The highest BCUT2D eigenvalue weighted by Gasteiger charge is 2.28. The molecule has 0 aliphatic rings. The summed E-state index contributed by atoms with van der Waals surface area (Å²) in [5, 5.41) is 12.5. The molecule has 1 amide bonds. The van der Waals surface area contributed by atoms with E-state index in [4.69, 9.17) is 0 Å². The van der Waals surface area contributed by atoms with Gasteiger partial charge in [0.1, 0.15) is 0 Å². The van der Waals surface area contributed by atoms with Crippen LogP contribution in [0.3, 0.4) is 0 Å². The average molecular weight is 484 g/mol. The standard InChI is InChI=1S/C30H33N3O3/c1-21(2)32(22(3)4)30(34)18-26(24-13-9-6-10-14-24)28-20-31(19-23-11-7-5-8-12-23)29-16-15-25(33(35)36)17-27(28)29/h5-17,20-22,26H,18-19H2,1-4H3/t26-/m0/s1. The summed E-state index contributed by atoms with van der Waals surface area (Å²) in [7, 11) is 0. The number of carbonyl (C=O) groups is 1. The van der Waals surface area contributed by atoms with Gasteiger partial charge in [0, 0.05) is 60.2 Å². The van der Waals surface area contributed by atoms with Crippen LogP contribution in [0.5, 0.6) is 0 Å². The van der Waals surface area contributed by atoms with Gasteiger partial charge in [-0.3, -0.25) is 14.9 Å². The van der Waals surface area contributed by atoms with Crippen LogP contribution >= 0.6 is 0 Å². The minimum Gasteiger partial charge on any atom is -0.343 e. The zero-order valence-corrected chi connectivity index (χ0v) is 21.3. The molecule has 4 rings (SSSR count). The van der Waals surface area contributed by atoms with E-state index in [1.165, 1.54) is 0 Å². The molecular formula is C30H33N3O3. The van der Waals surface area contributed by atoms with Crippen LogP contribution in [0.2, 0.25) is 0 Å². The van der Waals surface area contributed by atoms with Crippen molar-refractivity contribution in [3.8, 4) is 0 Å². The van der Waals surface area contributed by atoms with E-state index in [1.54, 1.807) is 12.1 Å². The van der Waals surface area contributed by atoms with Crippen molar-refractivity contribution in [2.45, 2.75) is 58.7 Å². The lowest BCUT2D eigenvalue weighted by Crippen LogP contribution is -2.42. The van der Waals surface area contributed by atoms with Crippen molar-refractivity contribution in [1.29, 1.82) is 0 Å². The molecule has 6 heteroatoms. The molecule has 0 fully saturated rings. The maximum atomic E-state index is 13.6. The maximum Gasteiger partial charge on any atom is 0.270 e. The fourth-order valence-corrected chi connectivity index (χ4v) is 5.16. The molecule has 0 saturated carbocycles. The molecule has 1 aromatic heterocycles.